The molecule has 1 aromatic carbocycles. The van der Waals surface area contributed by atoms with Crippen LogP contribution in [0.15, 0.2) is 18.2 Å². The van der Waals surface area contributed by atoms with Gasteiger partial charge in [0.1, 0.15) is 5.75 Å². The second-order valence-corrected chi connectivity index (χ2v) is 4.61. The Labute approximate surface area is 107 Å². The number of fused-ring (bicyclic) bond motifs is 1. The molecule has 0 aromatic heterocycles. The van der Waals surface area contributed by atoms with Gasteiger partial charge in [-0.15, -0.1) is 0 Å². The summed E-state index contributed by atoms with van der Waals surface area (Å²) in [5, 5.41) is 9.69. The summed E-state index contributed by atoms with van der Waals surface area (Å²) in [5.74, 6) is 0.665. The molecule has 98 valence electrons. The Morgan fingerprint density at radius 3 is 3.06 bits per heavy atom. The van der Waals surface area contributed by atoms with Gasteiger partial charge in [-0.2, -0.15) is 0 Å². The van der Waals surface area contributed by atoms with E-state index in [-0.39, 0.29) is 18.6 Å². The molecule has 0 radical (unpaired) electrons. The second kappa shape index (κ2) is 5.40. The van der Waals surface area contributed by atoms with Crippen LogP contribution in [0.25, 0.3) is 0 Å². The van der Waals surface area contributed by atoms with Gasteiger partial charge in [0.15, 0.2) is 6.61 Å². The fourth-order valence-electron chi connectivity index (χ4n) is 2.09. The SMILES string of the molecule is CCN(C)C(=O)COc1ccc2c(c1)CC[C@H]2O. The number of carbonyl (C=O) groups is 1. The molecule has 1 aliphatic carbocycles. The summed E-state index contributed by atoms with van der Waals surface area (Å²) < 4.78 is 5.48. The first kappa shape index (κ1) is 12.9. The van der Waals surface area contributed by atoms with Crippen LogP contribution in [-0.4, -0.2) is 36.1 Å². The highest BCUT2D eigenvalue weighted by atomic mass is 16.5. The number of aryl methyl sites for hydroxylation is 1. The first-order valence-electron chi connectivity index (χ1n) is 6.29. The summed E-state index contributed by atoms with van der Waals surface area (Å²) in [6.45, 7) is 2.67. The molecular formula is C14H19NO3. The summed E-state index contributed by atoms with van der Waals surface area (Å²) in [6.07, 6.45) is 1.30. The lowest BCUT2D eigenvalue weighted by Gasteiger charge is -2.15. The third-order valence-electron chi connectivity index (χ3n) is 3.42. The molecule has 0 heterocycles. The molecular weight excluding hydrogens is 230 g/mol. The Bertz CT molecular complexity index is 445. The van der Waals surface area contributed by atoms with Crippen molar-refractivity contribution in [1.82, 2.24) is 4.90 Å². The van der Waals surface area contributed by atoms with Crippen LogP contribution in [0, 0.1) is 0 Å². The Kier molecular flexibility index (Phi) is 3.87. The number of hydrogen-bond donors (Lipinski definition) is 1. The molecule has 4 nitrogen and oxygen atoms in total. The van der Waals surface area contributed by atoms with Crippen molar-refractivity contribution < 1.29 is 14.6 Å². The van der Waals surface area contributed by atoms with E-state index in [0.717, 1.165) is 24.0 Å². The van der Waals surface area contributed by atoms with Crippen molar-refractivity contribution in [2.24, 2.45) is 0 Å². The van der Waals surface area contributed by atoms with E-state index in [2.05, 4.69) is 0 Å². The topological polar surface area (TPSA) is 49.8 Å². The summed E-state index contributed by atoms with van der Waals surface area (Å²) in [4.78, 5) is 13.2. The average molecular weight is 249 g/mol. The minimum atomic E-state index is -0.345. The fraction of sp³-hybridized carbons (Fsp3) is 0.500. The number of amides is 1. The lowest BCUT2D eigenvalue weighted by atomic mass is 10.1. The normalized spacial score (nSPS) is 17.4. The standard InChI is InChI=1S/C14H19NO3/c1-3-15(2)14(17)9-18-11-5-6-12-10(8-11)4-7-13(12)16/h5-6,8,13,16H,3-4,7,9H2,1-2H3/t13-/m1/s1. The quantitative estimate of drug-likeness (QED) is 0.880. The molecule has 0 unspecified atom stereocenters. The highest BCUT2D eigenvalue weighted by Crippen LogP contribution is 2.33. The summed E-state index contributed by atoms with van der Waals surface area (Å²) in [7, 11) is 1.75. The molecule has 1 aromatic rings. The van der Waals surface area contributed by atoms with Crippen molar-refractivity contribution in [3.05, 3.63) is 29.3 Å². The number of aliphatic hydroxyl groups excluding tert-OH is 1. The van der Waals surface area contributed by atoms with Gasteiger partial charge < -0.3 is 14.7 Å². The molecule has 0 spiro atoms. The molecule has 0 aliphatic heterocycles. The Morgan fingerprint density at radius 1 is 1.56 bits per heavy atom. The molecule has 1 amide bonds. The van der Waals surface area contributed by atoms with Crippen LogP contribution in [0.1, 0.15) is 30.6 Å². The zero-order valence-corrected chi connectivity index (χ0v) is 10.8. The van der Waals surface area contributed by atoms with E-state index >= 15 is 0 Å². The van der Waals surface area contributed by atoms with Crippen molar-refractivity contribution in [2.45, 2.75) is 25.9 Å². The van der Waals surface area contributed by atoms with Crippen molar-refractivity contribution in [3.8, 4) is 5.75 Å². The maximum atomic E-state index is 11.6. The molecule has 2 rings (SSSR count). The zero-order valence-electron chi connectivity index (χ0n) is 10.8. The van der Waals surface area contributed by atoms with Crippen LogP contribution in [0.2, 0.25) is 0 Å². The number of aliphatic hydroxyl groups is 1. The third-order valence-corrected chi connectivity index (χ3v) is 3.42. The van der Waals surface area contributed by atoms with Gasteiger partial charge in [-0.05, 0) is 43.0 Å². The van der Waals surface area contributed by atoms with E-state index in [1.165, 1.54) is 0 Å². The van der Waals surface area contributed by atoms with E-state index in [4.69, 9.17) is 4.74 Å². The van der Waals surface area contributed by atoms with Gasteiger partial charge in [0.25, 0.3) is 5.91 Å². The van der Waals surface area contributed by atoms with Crippen LogP contribution in [0.5, 0.6) is 5.75 Å². The van der Waals surface area contributed by atoms with Crippen LogP contribution < -0.4 is 4.74 Å². The minimum Gasteiger partial charge on any atom is -0.484 e. The van der Waals surface area contributed by atoms with Crippen molar-refractivity contribution in [3.63, 3.8) is 0 Å². The Hall–Kier alpha value is -1.55. The van der Waals surface area contributed by atoms with Crippen LogP contribution in [0.3, 0.4) is 0 Å². The largest absolute Gasteiger partial charge is 0.484 e. The zero-order chi connectivity index (χ0) is 13.1. The van der Waals surface area contributed by atoms with E-state index in [1.54, 1.807) is 11.9 Å². The van der Waals surface area contributed by atoms with Crippen molar-refractivity contribution >= 4 is 5.91 Å². The summed E-state index contributed by atoms with van der Waals surface area (Å²) in [6, 6.07) is 5.62. The monoisotopic (exact) mass is 249 g/mol. The average Bonchev–Trinajstić information content (AvgIpc) is 2.76. The van der Waals surface area contributed by atoms with Gasteiger partial charge in [0, 0.05) is 13.6 Å². The maximum Gasteiger partial charge on any atom is 0.260 e. The van der Waals surface area contributed by atoms with E-state index in [0.29, 0.717) is 12.3 Å². The number of likely N-dealkylation sites (N-methyl/N-ethyl adjacent to an activating group) is 1. The molecule has 0 fully saturated rings. The van der Waals surface area contributed by atoms with Gasteiger partial charge >= 0.3 is 0 Å². The number of nitrogens with zero attached hydrogens (tertiary/aromatic N) is 1. The number of carbonyl (C=O) groups excluding carboxylic acids is 1. The molecule has 0 saturated heterocycles. The molecule has 18 heavy (non-hydrogen) atoms. The second-order valence-electron chi connectivity index (χ2n) is 4.61. The smallest absolute Gasteiger partial charge is 0.260 e. The van der Waals surface area contributed by atoms with E-state index in [1.807, 2.05) is 25.1 Å². The van der Waals surface area contributed by atoms with Gasteiger partial charge in [-0.25, -0.2) is 0 Å². The molecule has 0 bridgehead atoms. The number of rotatable bonds is 4. The van der Waals surface area contributed by atoms with Crippen molar-refractivity contribution in [1.29, 1.82) is 0 Å². The van der Waals surface area contributed by atoms with Crippen molar-refractivity contribution in [2.75, 3.05) is 20.2 Å². The minimum absolute atomic E-state index is 0.0296. The van der Waals surface area contributed by atoms with E-state index in [9.17, 15) is 9.90 Å². The van der Waals surface area contributed by atoms with Crippen LogP contribution >= 0.6 is 0 Å². The van der Waals surface area contributed by atoms with Gasteiger partial charge in [0.2, 0.25) is 0 Å². The maximum absolute atomic E-state index is 11.6. The number of ether oxygens (including phenoxy) is 1. The highest BCUT2D eigenvalue weighted by Gasteiger charge is 2.20. The first-order valence-corrected chi connectivity index (χ1v) is 6.29. The third kappa shape index (κ3) is 2.64. The van der Waals surface area contributed by atoms with E-state index < -0.39 is 0 Å². The predicted octanol–water partition coefficient (Wildman–Crippen LogP) is 1.52. The van der Waals surface area contributed by atoms with Crippen LogP contribution in [0.4, 0.5) is 0 Å². The predicted molar refractivity (Wildman–Crippen MR) is 68.5 cm³/mol. The number of benzene rings is 1. The first-order chi connectivity index (χ1) is 8.61. The molecule has 1 atom stereocenters. The molecule has 4 heteroatoms. The lowest BCUT2D eigenvalue weighted by molar-refractivity contribution is -0.131. The van der Waals surface area contributed by atoms with Gasteiger partial charge in [-0.1, -0.05) is 6.07 Å². The Balaban J connectivity index is 1.97. The lowest BCUT2D eigenvalue weighted by Crippen LogP contribution is -2.31. The molecule has 1 N–H and O–H groups in total. The summed E-state index contributed by atoms with van der Waals surface area (Å²) in [5.41, 5.74) is 2.11. The molecule has 0 saturated carbocycles. The fourth-order valence-corrected chi connectivity index (χ4v) is 2.09. The van der Waals surface area contributed by atoms with Gasteiger partial charge in [-0.3, -0.25) is 4.79 Å². The molecule has 1 aliphatic rings. The number of hydrogen-bond acceptors (Lipinski definition) is 3. The Morgan fingerprint density at radius 2 is 2.33 bits per heavy atom. The van der Waals surface area contributed by atoms with Gasteiger partial charge in [0.05, 0.1) is 6.10 Å². The van der Waals surface area contributed by atoms with Crippen LogP contribution in [-0.2, 0) is 11.2 Å². The highest BCUT2D eigenvalue weighted by molar-refractivity contribution is 5.77. The summed E-state index contributed by atoms with van der Waals surface area (Å²) >= 11 is 0.